The van der Waals surface area contributed by atoms with Crippen LogP contribution >= 0.6 is 0 Å². The second kappa shape index (κ2) is 19.3. The summed E-state index contributed by atoms with van der Waals surface area (Å²) in [6.07, 6.45) is 10.6. The number of fused-ring (bicyclic) bond motifs is 1. The molecule has 0 radical (unpaired) electrons. The van der Waals surface area contributed by atoms with E-state index in [2.05, 4.69) is 65.1 Å². The Hall–Kier alpha value is -2.74. The number of nitrogens with one attached hydrogen (secondary N) is 1. The summed E-state index contributed by atoms with van der Waals surface area (Å²) in [4.78, 5) is 25.5. The summed E-state index contributed by atoms with van der Waals surface area (Å²) in [5, 5.41) is 3.26. The fraction of sp³-hybridized carbons (Fsp3) is 0.714. The number of rotatable bonds is 20. The number of imidazole rings is 1. The number of aliphatic imine (C=N–C) groups is 2. The topological polar surface area (TPSA) is 105 Å². The van der Waals surface area contributed by atoms with Gasteiger partial charge in [-0.2, -0.15) is 0 Å². The quantitative estimate of drug-likeness (QED) is 0.162. The van der Waals surface area contributed by atoms with Gasteiger partial charge in [0, 0.05) is 104 Å². The Morgan fingerprint density at radius 2 is 1.72 bits per heavy atom. The molecule has 12 nitrogen and oxygen atoms in total. The van der Waals surface area contributed by atoms with Gasteiger partial charge >= 0.3 is 0 Å². The second-order valence-corrected chi connectivity index (χ2v) is 12.9. The number of hydrogen-bond donors (Lipinski definition) is 1. The lowest BCUT2D eigenvalue weighted by molar-refractivity contribution is -0.0680. The van der Waals surface area contributed by atoms with Crippen molar-refractivity contribution in [3.63, 3.8) is 0 Å². The third kappa shape index (κ3) is 11.4. The number of likely N-dealkylation sites (tertiary alicyclic amines) is 1. The molecule has 12 heteroatoms. The lowest BCUT2D eigenvalue weighted by atomic mass is 9.87. The average Bonchev–Trinajstić information content (AvgIpc) is 3.42. The number of anilines is 1. The maximum Gasteiger partial charge on any atom is 0.133 e. The van der Waals surface area contributed by atoms with Crippen LogP contribution in [0.1, 0.15) is 64.7 Å². The molecule has 0 aromatic carbocycles. The third-order valence-corrected chi connectivity index (χ3v) is 9.41. The van der Waals surface area contributed by atoms with Crippen LogP contribution in [0.15, 0.2) is 34.1 Å². The first-order valence-corrected chi connectivity index (χ1v) is 17.5. The molecule has 0 aliphatic carbocycles. The first kappa shape index (κ1) is 37.1. The highest BCUT2D eigenvalue weighted by molar-refractivity contribution is 5.79. The van der Waals surface area contributed by atoms with E-state index in [4.69, 9.17) is 14.2 Å². The molecule has 47 heavy (non-hydrogen) atoms. The number of allylic oxidation sites excluding steroid dienone is 1. The maximum atomic E-state index is 6.15. The normalized spacial score (nSPS) is 18.6. The van der Waals surface area contributed by atoms with Gasteiger partial charge in [-0.1, -0.05) is 0 Å². The van der Waals surface area contributed by atoms with Gasteiger partial charge in [0.25, 0.3) is 0 Å². The molecule has 2 aromatic heterocycles. The van der Waals surface area contributed by atoms with E-state index in [1.807, 2.05) is 33.1 Å². The molecule has 2 fully saturated rings. The van der Waals surface area contributed by atoms with Crippen molar-refractivity contribution in [2.75, 3.05) is 97.9 Å². The lowest BCUT2D eigenvalue weighted by Crippen LogP contribution is -2.50. The molecule has 4 heterocycles. The maximum absolute atomic E-state index is 6.15. The van der Waals surface area contributed by atoms with E-state index in [1.54, 1.807) is 12.4 Å². The third-order valence-electron chi connectivity index (χ3n) is 9.41. The molecule has 2 aliphatic rings. The molecule has 0 unspecified atom stereocenters. The Balaban J connectivity index is 1.13. The Labute approximate surface area is 282 Å². The minimum Gasteiger partial charge on any atom is -0.382 e. The standard InChI is InChI=1S/C35H59N9O3/c1-7-46-24-9-25-47-23-8-15-41-19-21-42(22-20-41)16-11-35(45-6)12-17-43(18-13-35)28-37-14-10-33(36-5)40-34-26-32-31(27-38-34)39-30(4)44(32)29(2)3/h10,14,26-27,29H,5,7-9,11-13,15-25,28H2,1-4,6H3,(H,38,40)/b33-10+,37-14-. The zero-order valence-electron chi connectivity index (χ0n) is 29.6. The minimum atomic E-state index is -0.0435. The Morgan fingerprint density at radius 1 is 1.02 bits per heavy atom. The van der Waals surface area contributed by atoms with E-state index >= 15 is 0 Å². The fourth-order valence-electron chi connectivity index (χ4n) is 6.55. The molecule has 0 amide bonds. The summed E-state index contributed by atoms with van der Waals surface area (Å²) in [6.45, 7) is 24.7. The lowest BCUT2D eigenvalue weighted by Gasteiger charge is -2.42. The molecule has 2 saturated heterocycles. The van der Waals surface area contributed by atoms with Gasteiger partial charge in [-0.3, -0.25) is 9.89 Å². The molecular weight excluding hydrogens is 594 g/mol. The first-order chi connectivity index (χ1) is 22.9. The van der Waals surface area contributed by atoms with Gasteiger partial charge in [-0.05, 0) is 72.6 Å². The SMILES string of the molecule is C=N/C(=C\C=N/CN1CCC(CCN2CCN(CCCOCCCOCC)CC2)(OC)CC1)Nc1cc2c(cn1)nc(C)n2C(C)C. The summed E-state index contributed by atoms with van der Waals surface area (Å²) in [5.41, 5.74) is 1.89. The summed E-state index contributed by atoms with van der Waals surface area (Å²) >= 11 is 0. The molecule has 0 saturated carbocycles. The van der Waals surface area contributed by atoms with Crippen molar-refractivity contribution in [3.05, 3.63) is 30.0 Å². The van der Waals surface area contributed by atoms with E-state index < -0.39 is 0 Å². The molecule has 2 aliphatic heterocycles. The number of hydrogen-bond acceptors (Lipinski definition) is 11. The number of ether oxygens (including phenoxy) is 3. The highest BCUT2D eigenvalue weighted by Crippen LogP contribution is 2.30. The first-order valence-electron chi connectivity index (χ1n) is 17.5. The number of aromatic nitrogens is 3. The van der Waals surface area contributed by atoms with Gasteiger partial charge < -0.3 is 33.9 Å². The van der Waals surface area contributed by atoms with E-state index in [1.165, 1.54) is 0 Å². The van der Waals surface area contributed by atoms with Crippen molar-refractivity contribution >= 4 is 29.8 Å². The monoisotopic (exact) mass is 653 g/mol. The van der Waals surface area contributed by atoms with Gasteiger partial charge in [0.2, 0.25) is 0 Å². The Kier molecular flexibility index (Phi) is 15.2. The van der Waals surface area contributed by atoms with Crippen molar-refractivity contribution in [2.45, 2.75) is 71.4 Å². The van der Waals surface area contributed by atoms with Crippen LogP contribution in [0.5, 0.6) is 0 Å². The second-order valence-electron chi connectivity index (χ2n) is 12.9. The Bertz CT molecular complexity index is 1280. The van der Waals surface area contributed by atoms with Gasteiger partial charge in [-0.25, -0.2) is 15.0 Å². The van der Waals surface area contributed by atoms with Crippen LogP contribution in [-0.4, -0.2) is 140 Å². The molecule has 0 spiro atoms. The molecule has 0 atom stereocenters. The molecule has 0 bridgehead atoms. The van der Waals surface area contributed by atoms with Crippen LogP contribution < -0.4 is 5.32 Å². The summed E-state index contributed by atoms with van der Waals surface area (Å²) in [6, 6.07) is 2.32. The Morgan fingerprint density at radius 3 is 2.40 bits per heavy atom. The van der Waals surface area contributed by atoms with Crippen molar-refractivity contribution < 1.29 is 14.2 Å². The predicted molar refractivity (Wildman–Crippen MR) is 192 cm³/mol. The van der Waals surface area contributed by atoms with Crippen molar-refractivity contribution in [3.8, 4) is 0 Å². The number of piperidine rings is 1. The van der Waals surface area contributed by atoms with Gasteiger partial charge in [0.1, 0.15) is 23.0 Å². The number of methoxy groups -OCH3 is 1. The number of nitrogens with zero attached hydrogens (tertiary/aromatic N) is 8. The van der Waals surface area contributed by atoms with Crippen LogP contribution in [0, 0.1) is 6.92 Å². The fourth-order valence-corrected chi connectivity index (χ4v) is 6.55. The molecule has 4 rings (SSSR count). The van der Waals surface area contributed by atoms with Crippen molar-refractivity contribution in [1.29, 1.82) is 0 Å². The molecule has 262 valence electrons. The van der Waals surface area contributed by atoms with Crippen LogP contribution in [0.3, 0.4) is 0 Å². The summed E-state index contributed by atoms with van der Waals surface area (Å²) in [5.74, 6) is 2.28. The zero-order valence-corrected chi connectivity index (χ0v) is 29.6. The van der Waals surface area contributed by atoms with Gasteiger partial charge in [0.15, 0.2) is 0 Å². The van der Waals surface area contributed by atoms with E-state index in [-0.39, 0.29) is 5.60 Å². The van der Waals surface area contributed by atoms with E-state index in [0.29, 0.717) is 24.3 Å². The average molecular weight is 654 g/mol. The number of aryl methyl sites for hydroxylation is 1. The van der Waals surface area contributed by atoms with Crippen molar-refractivity contribution in [1.82, 2.24) is 29.2 Å². The summed E-state index contributed by atoms with van der Waals surface area (Å²) < 4.78 is 19.5. The highest BCUT2D eigenvalue weighted by Gasteiger charge is 2.35. The van der Waals surface area contributed by atoms with Gasteiger partial charge in [-0.15, -0.1) is 0 Å². The minimum absolute atomic E-state index is 0.0435. The van der Waals surface area contributed by atoms with Crippen LogP contribution in [-0.2, 0) is 14.2 Å². The zero-order chi connectivity index (χ0) is 33.5. The van der Waals surface area contributed by atoms with Crippen LogP contribution in [0.4, 0.5) is 5.82 Å². The number of pyridine rings is 1. The number of piperazine rings is 1. The smallest absolute Gasteiger partial charge is 0.133 e. The predicted octanol–water partition coefficient (Wildman–Crippen LogP) is 4.62. The molecular formula is C35H59N9O3. The van der Waals surface area contributed by atoms with Crippen molar-refractivity contribution in [2.24, 2.45) is 9.98 Å². The van der Waals surface area contributed by atoms with Crippen LogP contribution in [0.2, 0.25) is 0 Å². The van der Waals surface area contributed by atoms with E-state index in [9.17, 15) is 0 Å². The summed E-state index contributed by atoms with van der Waals surface area (Å²) in [7, 11) is 1.89. The highest BCUT2D eigenvalue weighted by atomic mass is 16.5. The molecule has 2 aromatic rings. The van der Waals surface area contributed by atoms with Crippen LogP contribution in [0.25, 0.3) is 11.0 Å². The largest absolute Gasteiger partial charge is 0.382 e. The van der Waals surface area contributed by atoms with Gasteiger partial charge in [0.05, 0.1) is 24.0 Å². The van der Waals surface area contributed by atoms with E-state index in [0.717, 1.165) is 128 Å². The molecule has 1 N–H and O–H groups in total.